The molecule has 5 rings (SSSR count). The van der Waals surface area contributed by atoms with Crippen LogP contribution in [-0.4, -0.2) is 27.8 Å². The van der Waals surface area contributed by atoms with Crippen LogP contribution in [0.1, 0.15) is 42.1 Å². The van der Waals surface area contributed by atoms with E-state index in [-0.39, 0.29) is 0 Å². The zero-order chi connectivity index (χ0) is 18.9. The van der Waals surface area contributed by atoms with Gasteiger partial charge in [-0.25, -0.2) is 4.68 Å². The molecule has 1 N–H and O–H groups in total. The maximum Gasteiger partial charge on any atom is 0.133 e. The van der Waals surface area contributed by atoms with Crippen molar-refractivity contribution >= 4 is 21.7 Å². The fourth-order valence-corrected chi connectivity index (χ4v) is 5.03. The summed E-state index contributed by atoms with van der Waals surface area (Å²) in [5.74, 6) is 1.17. The predicted molar refractivity (Wildman–Crippen MR) is 117 cm³/mol. The van der Waals surface area contributed by atoms with Crippen molar-refractivity contribution in [2.75, 3.05) is 18.4 Å². The molecule has 0 aliphatic carbocycles. The summed E-state index contributed by atoms with van der Waals surface area (Å²) < 4.78 is 3.18. The second kappa shape index (κ2) is 7.72. The number of likely N-dealkylation sites (tertiary alicyclic amines) is 1. The minimum Gasteiger partial charge on any atom is -0.369 e. The van der Waals surface area contributed by atoms with Crippen LogP contribution in [0.15, 0.2) is 59.1 Å². The van der Waals surface area contributed by atoms with Gasteiger partial charge in [-0.2, -0.15) is 5.10 Å². The van der Waals surface area contributed by atoms with E-state index in [9.17, 15) is 0 Å². The summed E-state index contributed by atoms with van der Waals surface area (Å²) in [6, 6.07) is 19.6. The number of rotatable bonds is 4. The van der Waals surface area contributed by atoms with Gasteiger partial charge in [0, 0.05) is 23.1 Å². The third-order valence-electron chi connectivity index (χ3n) is 5.92. The van der Waals surface area contributed by atoms with Crippen molar-refractivity contribution in [3.8, 4) is 5.69 Å². The standard InChI is InChI=1S/C23H25BrN4/c24-19-10-4-5-11-20(19)28-23-18(13-14-25-23)22(26-28)21-12-6-7-15-27(21)16-17-8-2-1-3-9-17/h1-5,8-11,21,25H,6-7,12-16H2. The van der Waals surface area contributed by atoms with Crippen molar-refractivity contribution in [3.63, 3.8) is 0 Å². The van der Waals surface area contributed by atoms with E-state index in [0.29, 0.717) is 6.04 Å². The molecule has 1 saturated heterocycles. The summed E-state index contributed by atoms with van der Waals surface area (Å²) in [6.45, 7) is 3.13. The maximum absolute atomic E-state index is 5.16. The molecule has 1 aromatic heterocycles. The molecule has 0 bridgehead atoms. The van der Waals surface area contributed by atoms with Crippen molar-refractivity contribution in [2.24, 2.45) is 0 Å². The molecule has 1 atom stereocenters. The highest BCUT2D eigenvalue weighted by Gasteiger charge is 2.32. The summed E-state index contributed by atoms with van der Waals surface area (Å²) in [7, 11) is 0. The highest BCUT2D eigenvalue weighted by atomic mass is 79.9. The zero-order valence-electron chi connectivity index (χ0n) is 15.9. The highest BCUT2D eigenvalue weighted by molar-refractivity contribution is 9.10. The van der Waals surface area contributed by atoms with Crippen molar-refractivity contribution in [1.82, 2.24) is 14.7 Å². The van der Waals surface area contributed by atoms with Gasteiger partial charge in [-0.1, -0.05) is 48.9 Å². The molecule has 0 amide bonds. The Morgan fingerprint density at radius 1 is 1.04 bits per heavy atom. The average molecular weight is 437 g/mol. The molecule has 0 spiro atoms. The fourth-order valence-electron chi connectivity index (χ4n) is 4.57. The van der Waals surface area contributed by atoms with Crippen molar-refractivity contribution < 1.29 is 0 Å². The van der Waals surface area contributed by atoms with Crippen LogP contribution in [0.3, 0.4) is 0 Å². The van der Waals surface area contributed by atoms with Crippen LogP contribution in [-0.2, 0) is 13.0 Å². The first-order chi connectivity index (χ1) is 13.8. The molecule has 4 nitrogen and oxygen atoms in total. The van der Waals surface area contributed by atoms with Gasteiger partial charge in [0.1, 0.15) is 5.82 Å². The Balaban J connectivity index is 1.53. The van der Waals surface area contributed by atoms with Crippen LogP contribution < -0.4 is 5.32 Å². The molecule has 2 aromatic carbocycles. The topological polar surface area (TPSA) is 33.1 Å². The van der Waals surface area contributed by atoms with Gasteiger partial charge in [-0.05, 0) is 59.4 Å². The van der Waals surface area contributed by atoms with E-state index in [1.165, 1.54) is 41.9 Å². The van der Waals surface area contributed by atoms with E-state index < -0.39 is 0 Å². The number of piperidine rings is 1. The van der Waals surface area contributed by atoms with E-state index in [1.54, 1.807) is 0 Å². The molecule has 1 unspecified atom stereocenters. The summed E-state index contributed by atoms with van der Waals surface area (Å²) >= 11 is 3.70. The first kappa shape index (κ1) is 18.0. The van der Waals surface area contributed by atoms with Gasteiger partial charge >= 0.3 is 0 Å². The lowest BCUT2D eigenvalue weighted by Gasteiger charge is -2.35. The van der Waals surface area contributed by atoms with Crippen LogP contribution in [0.2, 0.25) is 0 Å². The van der Waals surface area contributed by atoms with Gasteiger partial charge in [0.15, 0.2) is 0 Å². The molecule has 2 aliphatic heterocycles. The summed E-state index contributed by atoms with van der Waals surface area (Å²) in [4.78, 5) is 2.63. The van der Waals surface area contributed by atoms with Crippen molar-refractivity contribution in [2.45, 2.75) is 38.3 Å². The van der Waals surface area contributed by atoms with Crippen molar-refractivity contribution in [1.29, 1.82) is 0 Å². The number of benzene rings is 2. The van der Waals surface area contributed by atoms with Crippen molar-refractivity contribution in [3.05, 3.63) is 75.9 Å². The molecule has 1 fully saturated rings. The zero-order valence-corrected chi connectivity index (χ0v) is 17.5. The lowest BCUT2D eigenvalue weighted by molar-refractivity contribution is 0.136. The van der Waals surface area contributed by atoms with Gasteiger partial charge in [0.2, 0.25) is 0 Å². The Hall–Kier alpha value is -2.11. The quantitative estimate of drug-likeness (QED) is 0.599. The minimum absolute atomic E-state index is 0.395. The van der Waals surface area contributed by atoms with Crippen LogP contribution in [0.5, 0.6) is 0 Å². The number of anilines is 1. The van der Waals surface area contributed by atoms with Crippen LogP contribution in [0.4, 0.5) is 5.82 Å². The van der Waals surface area contributed by atoms with E-state index in [4.69, 9.17) is 5.10 Å². The van der Waals surface area contributed by atoms with Crippen LogP contribution in [0.25, 0.3) is 5.69 Å². The number of nitrogens with zero attached hydrogens (tertiary/aromatic N) is 3. The highest BCUT2D eigenvalue weighted by Crippen LogP contribution is 2.39. The first-order valence-electron chi connectivity index (χ1n) is 10.2. The number of fused-ring (bicyclic) bond motifs is 1. The Kier molecular flexibility index (Phi) is 4.95. The second-order valence-electron chi connectivity index (χ2n) is 7.72. The molecular weight excluding hydrogens is 412 g/mol. The van der Waals surface area contributed by atoms with E-state index >= 15 is 0 Å². The monoisotopic (exact) mass is 436 g/mol. The van der Waals surface area contributed by atoms with Gasteiger partial charge in [-0.15, -0.1) is 0 Å². The third-order valence-corrected chi connectivity index (χ3v) is 6.59. The largest absolute Gasteiger partial charge is 0.369 e. The molecule has 28 heavy (non-hydrogen) atoms. The van der Waals surface area contributed by atoms with Crippen LogP contribution >= 0.6 is 15.9 Å². The molecule has 2 aliphatic rings. The molecule has 5 heteroatoms. The number of nitrogens with one attached hydrogen (secondary N) is 1. The molecule has 3 aromatic rings. The average Bonchev–Trinajstić information content (AvgIpc) is 3.33. The van der Waals surface area contributed by atoms with Gasteiger partial charge < -0.3 is 5.32 Å². The molecule has 0 saturated carbocycles. The van der Waals surface area contributed by atoms with Gasteiger partial charge in [0.25, 0.3) is 0 Å². The lowest BCUT2D eigenvalue weighted by Crippen LogP contribution is -2.33. The van der Waals surface area contributed by atoms with Gasteiger partial charge in [0.05, 0.1) is 17.4 Å². The third kappa shape index (κ3) is 3.27. The summed E-state index contributed by atoms with van der Waals surface area (Å²) in [6.07, 6.45) is 4.80. The van der Waals surface area contributed by atoms with E-state index in [1.807, 2.05) is 6.07 Å². The Labute approximate surface area is 174 Å². The SMILES string of the molecule is Brc1ccccc1-n1nc(C2CCCCN2Cc2ccccc2)c2c1NCC2. The lowest BCUT2D eigenvalue weighted by atomic mass is 9.95. The summed E-state index contributed by atoms with van der Waals surface area (Å²) in [5, 5.41) is 8.74. The Morgan fingerprint density at radius 2 is 1.86 bits per heavy atom. The van der Waals surface area contributed by atoms with Gasteiger partial charge in [-0.3, -0.25) is 4.90 Å². The number of aromatic nitrogens is 2. The fraction of sp³-hybridized carbons (Fsp3) is 0.348. The minimum atomic E-state index is 0.395. The van der Waals surface area contributed by atoms with E-state index in [2.05, 4.69) is 79.4 Å². The molecule has 3 heterocycles. The number of para-hydroxylation sites is 1. The number of hydrogen-bond acceptors (Lipinski definition) is 3. The Morgan fingerprint density at radius 3 is 2.71 bits per heavy atom. The molecule has 0 radical (unpaired) electrons. The van der Waals surface area contributed by atoms with E-state index in [0.717, 1.165) is 36.2 Å². The van der Waals surface area contributed by atoms with Crippen LogP contribution in [0, 0.1) is 0 Å². The molecule has 144 valence electrons. The Bertz CT molecular complexity index is 966. The number of hydrogen-bond donors (Lipinski definition) is 1. The number of halogens is 1. The predicted octanol–water partition coefficient (Wildman–Crippen LogP) is 5.33. The first-order valence-corrected chi connectivity index (χ1v) is 11.0. The second-order valence-corrected chi connectivity index (χ2v) is 8.57. The normalized spacial score (nSPS) is 19.4. The maximum atomic E-state index is 5.16. The summed E-state index contributed by atoms with van der Waals surface area (Å²) in [5.41, 5.74) is 5.16. The molecular formula is C23H25BrN4. The smallest absolute Gasteiger partial charge is 0.133 e.